The highest BCUT2D eigenvalue weighted by atomic mass is 16.7. The topological polar surface area (TPSA) is 216 Å². The number of allylic oxidation sites excluding steroid dienone is 1. The number of esters is 1. The fourth-order valence-electron chi connectivity index (χ4n) is 8.86. The van der Waals surface area contributed by atoms with Crippen molar-refractivity contribution in [2.45, 2.75) is 209 Å². The predicted molar refractivity (Wildman–Crippen MR) is 200 cm³/mol. The van der Waals surface area contributed by atoms with Crippen LogP contribution in [0.1, 0.15) is 132 Å². The molecule has 0 radical (unpaired) electrons. The standard InChI is InChI=1S/C41H70O13/c1-8-28(42)21-29-16-14-19-40(52-29)23-30-25(2)31(53-40)24-41(50)27(22-37(4,5)54-41)15-12-10-9-11-13-18-38(6,48)36(47)34(45)33(44)26(3)35(46)39(7,49)20-17-32(43)51-30/h12,15,17,20,25-31,33-36,42,44-50H,8-11,13-14,16,18-19,21-24H2,1-7H3/b15-12-,20-17+. The predicted octanol–water partition coefficient (Wildman–Crippen LogP) is 3.30. The molecule has 4 rings (SSSR count). The minimum atomic E-state index is -2.08. The molecule has 0 aromatic heterocycles. The summed E-state index contributed by atoms with van der Waals surface area (Å²) in [7, 11) is 0. The average Bonchev–Trinajstić information content (AvgIpc) is 3.33. The largest absolute Gasteiger partial charge is 0.459 e. The molecule has 0 amide bonds. The van der Waals surface area contributed by atoms with Gasteiger partial charge in [-0.3, -0.25) is 0 Å². The summed E-state index contributed by atoms with van der Waals surface area (Å²) in [4.78, 5) is 13.4. The monoisotopic (exact) mass is 770 g/mol. The molecular formula is C41H70O13. The molecule has 3 saturated heterocycles. The number of hydrogen-bond acceptors (Lipinski definition) is 13. The molecule has 13 nitrogen and oxygen atoms in total. The second kappa shape index (κ2) is 18.0. The lowest BCUT2D eigenvalue weighted by atomic mass is 9.79. The summed E-state index contributed by atoms with van der Waals surface area (Å²) in [5, 5.41) is 88.6. The van der Waals surface area contributed by atoms with Crippen LogP contribution >= 0.6 is 0 Å². The number of hydrogen-bond donors (Lipinski definition) is 8. The molecule has 0 saturated carbocycles. The molecule has 1 spiro atoms. The van der Waals surface area contributed by atoms with Gasteiger partial charge in [0.05, 0.1) is 41.7 Å². The van der Waals surface area contributed by atoms with Gasteiger partial charge >= 0.3 is 5.97 Å². The smallest absolute Gasteiger partial charge is 0.330 e. The normalized spacial score (nSPS) is 47.9. The molecule has 0 aliphatic carbocycles. The number of carbonyl (C=O) groups excluding carboxylic acids is 1. The quantitative estimate of drug-likeness (QED) is 0.153. The minimum Gasteiger partial charge on any atom is -0.459 e. The number of fused-ring (bicyclic) bond motifs is 3. The maximum absolute atomic E-state index is 13.4. The Hall–Kier alpha value is -1.49. The highest BCUT2D eigenvalue weighted by Crippen LogP contribution is 2.49. The zero-order chi connectivity index (χ0) is 40.3. The summed E-state index contributed by atoms with van der Waals surface area (Å²) in [5.41, 5.74) is -4.46. The summed E-state index contributed by atoms with van der Waals surface area (Å²) in [5.74, 6) is -5.54. The highest BCUT2D eigenvalue weighted by molar-refractivity contribution is 5.82. The van der Waals surface area contributed by atoms with Crippen LogP contribution in [0, 0.1) is 17.8 Å². The molecule has 8 N–H and O–H groups in total. The molecule has 312 valence electrons. The Morgan fingerprint density at radius 3 is 2.22 bits per heavy atom. The van der Waals surface area contributed by atoms with Crippen molar-refractivity contribution >= 4 is 5.97 Å². The summed E-state index contributed by atoms with van der Waals surface area (Å²) >= 11 is 0. The van der Waals surface area contributed by atoms with E-state index in [1.165, 1.54) is 20.8 Å². The average molecular weight is 771 g/mol. The van der Waals surface area contributed by atoms with Crippen LogP contribution in [0.4, 0.5) is 0 Å². The van der Waals surface area contributed by atoms with E-state index < -0.39 is 88.9 Å². The third kappa shape index (κ3) is 11.1. The first-order chi connectivity index (χ1) is 25.0. The fraction of sp³-hybridized carbons (Fsp3) is 0.878. The van der Waals surface area contributed by atoms with Crippen molar-refractivity contribution in [2.24, 2.45) is 17.8 Å². The Morgan fingerprint density at radius 2 is 1.54 bits per heavy atom. The van der Waals surface area contributed by atoms with Gasteiger partial charge in [0.1, 0.15) is 23.9 Å². The second-order valence-electron chi connectivity index (χ2n) is 17.9. The van der Waals surface area contributed by atoms with E-state index in [0.717, 1.165) is 31.4 Å². The molecule has 13 heteroatoms. The molecule has 4 aliphatic rings. The molecule has 4 aliphatic heterocycles. The first kappa shape index (κ1) is 45.2. The Bertz CT molecular complexity index is 1280. The van der Waals surface area contributed by atoms with Crippen LogP contribution < -0.4 is 0 Å². The lowest BCUT2D eigenvalue weighted by Gasteiger charge is -2.51. The molecule has 15 unspecified atom stereocenters. The number of ether oxygens (including phenoxy) is 4. The fourth-order valence-corrected chi connectivity index (χ4v) is 8.86. The van der Waals surface area contributed by atoms with Gasteiger partial charge in [-0.05, 0) is 85.1 Å². The van der Waals surface area contributed by atoms with E-state index in [-0.39, 0.29) is 31.3 Å². The molecule has 54 heavy (non-hydrogen) atoms. The van der Waals surface area contributed by atoms with E-state index in [2.05, 4.69) is 0 Å². The van der Waals surface area contributed by atoms with Crippen LogP contribution in [0.15, 0.2) is 24.3 Å². The first-order valence-electron chi connectivity index (χ1n) is 20.2. The van der Waals surface area contributed by atoms with E-state index >= 15 is 0 Å². The van der Waals surface area contributed by atoms with Gasteiger partial charge in [0.25, 0.3) is 0 Å². The van der Waals surface area contributed by atoms with E-state index in [1.807, 2.05) is 39.8 Å². The van der Waals surface area contributed by atoms with Gasteiger partial charge in [-0.2, -0.15) is 0 Å². The van der Waals surface area contributed by atoms with E-state index in [0.29, 0.717) is 44.9 Å². The van der Waals surface area contributed by atoms with Crippen molar-refractivity contribution in [1.82, 2.24) is 0 Å². The summed E-state index contributed by atoms with van der Waals surface area (Å²) in [6.07, 6.45) is 3.50. The summed E-state index contributed by atoms with van der Waals surface area (Å²) < 4.78 is 25.8. The van der Waals surface area contributed by atoms with Gasteiger partial charge in [0.15, 0.2) is 11.6 Å². The molecule has 15 atom stereocenters. The Kier molecular flexibility index (Phi) is 15.0. The first-order valence-corrected chi connectivity index (χ1v) is 20.2. The zero-order valence-electron chi connectivity index (χ0n) is 33.5. The Labute approximate surface area is 321 Å². The maximum atomic E-state index is 13.4. The minimum absolute atomic E-state index is 0.0776. The van der Waals surface area contributed by atoms with Crippen LogP contribution in [-0.2, 0) is 23.7 Å². The third-order valence-electron chi connectivity index (χ3n) is 12.5. The maximum Gasteiger partial charge on any atom is 0.330 e. The number of aliphatic hydroxyl groups excluding tert-OH is 5. The van der Waals surface area contributed by atoms with Gasteiger partial charge in [-0.1, -0.05) is 45.8 Å². The molecule has 0 aromatic carbocycles. The zero-order valence-corrected chi connectivity index (χ0v) is 33.5. The van der Waals surface area contributed by atoms with Crippen molar-refractivity contribution in [3.63, 3.8) is 0 Å². The van der Waals surface area contributed by atoms with Gasteiger partial charge in [-0.25, -0.2) is 4.79 Å². The van der Waals surface area contributed by atoms with Crippen LogP contribution in [0.3, 0.4) is 0 Å². The Morgan fingerprint density at radius 1 is 0.833 bits per heavy atom. The number of aliphatic hydroxyl groups is 8. The van der Waals surface area contributed by atoms with Crippen molar-refractivity contribution < 1.29 is 64.6 Å². The van der Waals surface area contributed by atoms with Crippen molar-refractivity contribution in [3.8, 4) is 0 Å². The second-order valence-corrected chi connectivity index (χ2v) is 17.9. The van der Waals surface area contributed by atoms with Crippen LogP contribution in [0.2, 0.25) is 0 Å². The lowest BCUT2D eigenvalue weighted by Crippen LogP contribution is -2.58. The van der Waals surface area contributed by atoms with Gasteiger partial charge in [0, 0.05) is 43.1 Å². The van der Waals surface area contributed by atoms with Crippen molar-refractivity contribution in [2.75, 3.05) is 0 Å². The van der Waals surface area contributed by atoms with Crippen LogP contribution in [0.5, 0.6) is 0 Å². The SMILES string of the molecule is CCC(O)CC1CCCC2(CC3OC(=O)/C=C/C(C)(O)C(O)C(C)C(O)C(O)C(O)C(C)(O)CCCCC/C=C\C4CC(C)(C)OC4(O)CC(O2)C3C)O1. The lowest BCUT2D eigenvalue weighted by molar-refractivity contribution is -0.352. The molecule has 2 bridgehead atoms. The van der Waals surface area contributed by atoms with Gasteiger partial charge in [-0.15, -0.1) is 0 Å². The van der Waals surface area contributed by atoms with E-state index in [1.54, 1.807) is 0 Å². The Balaban J connectivity index is 1.67. The van der Waals surface area contributed by atoms with Crippen molar-refractivity contribution in [3.05, 3.63) is 24.3 Å². The number of rotatable bonds is 3. The highest BCUT2D eigenvalue weighted by Gasteiger charge is 2.56. The van der Waals surface area contributed by atoms with Crippen LogP contribution in [0.25, 0.3) is 0 Å². The summed E-state index contributed by atoms with van der Waals surface area (Å²) in [6, 6.07) is 0. The number of carbonyl (C=O) groups is 1. The summed E-state index contributed by atoms with van der Waals surface area (Å²) in [6.45, 7) is 11.7. The van der Waals surface area contributed by atoms with Gasteiger partial charge < -0.3 is 59.8 Å². The van der Waals surface area contributed by atoms with E-state index in [9.17, 15) is 45.6 Å². The van der Waals surface area contributed by atoms with E-state index in [4.69, 9.17) is 18.9 Å². The van der Waals surface area contributed by atoms with Gasteiger partial charge in [0.2, 0.25) is 0 Å². The molecule has 4 heterocycles. The molecular weight excluding hydrogens is 700 g/mol. The van der Waals surface area contributed by atoms with Crippen molar-refractivity contribution in [1.29, 1.82) is 0 Å². The molecule has 0 aromatic rings. The molecule has 3 fully saturated rings. The van der Waals surface area contributed by atoms with Crippen LogP contribution in [-0.4, -0.2) is 124 Å². The third-order valence-corrected chi connectivity index (χ3v) is 12.5.